The highest BCUT2D eigenvalue weighted by atomic mass is 35.5. The molecule has 0 amide bonds. The van der Waals surface area contributed by atoms with E-state index in [1.165, 1.54) is 4.68 Å². The van der Waals surface area contributed by atoms with Gasteiger partial charge in [0.05, 0.1) is 0 Å². The van der Waals surface area contributed by atoms with Gasteiger partial charge >= 0.3 is 0 Å². The molecule has 0 aliphatic rings. The van der Waals surface area contributed by atoms with Gasteiger partial charge in [0.1, 0.15) is 0 Å². The Morgan fingerprint density at radius 1 is 0.933 bits per heavy atom. The Hall–Kier alpha value is -3.44. The number of carbonyl (C=O) groups is 1. The average Bonchev–Trinajstić information content (AvgIpc) is 3.18. The number of nitrogens with zero attached hydrogens (tertiary/aromatic N) is 3. The van der Waals surface area contributed by atoms with Crippen LogP contribution < -0.4 is 5.32 Å². The second-order valence-electron chi connectivity index (χ2n) is 7.15. The van der Waals surface area contributed by atoms with Crippen LogP contribution in [-0.4, -0.2) is 20.7 Å². The molecule has 0 saturated heterocycles. The van der Waals surface area contributed by atoms with Crippen molar-refractivity contribution >= 4 is 23.5 Å². The topological polar surface area (TPSA) is 59.8 Å². The second kappa shape index (κ2) is 8.51. The summed E-state index contributed by atoms with van der Waals surface area (Å²) in [5, 5.41) is 8.37. The first kappa shape index (κ1) is 19.9. The zero-order chi connectivity index (χ0) is 21.1. The van der Waals surface area contributed by atoms with Gasteiger partial charge in [0.2, 0.25) is 5.95 Å². The molecule has 30 heavy (non-hydrogen) atoms. The highest BCUT2D eigenvalue weighted by Crippen LogP contribution is 2.21. The van der Waals surface area contributed by atoms with E-state index >= 15 is 0 Å². The van der Waals surface area contributed by atoms with E-state index in [9.17, 15) is 4.79 Å². The van der Waals surface area contributed by atoms with Crippen LogP contribution in [0.15, 0.2) is 72.8 Å². The lowest BCUT2D eigenvalue weighted by molar-refractivity contribution is 0.0947. The summed E-state index contributed by atoms with van der Waals surface area (Å²) in [4.78, 5) is 17.7. The Labute approximate surface area is 180 Å². The maximum atomic E-state index is 13.1. The molecule has 1 N–H and O–H groups in total. The van der Waals surface area contributed by atoms with E-state index in [0.29, 0.717) is 28.9 Å². The highest BCUT2D eigenvalue weighted by molar-refractivity contribution is 6.31. The van der Waals surface area contributed by atoms with Crippen molar-refractivity contribution in [3.05, 3.63) is 100 Å². The zero-order valence-electron chi connectivity index (χ0n) is 16.8. The Morgan fingerprint density at radius 2 is 1.57 bits per heavy atom. The van der Waals surface area contributed by atoms with E-state index in [0.717, 1.165) is 22.3 Å². The average molecular weight is 417 g/mol. The molecule has 4 rings (SSSR count). The summed E-state index contributed by atoms with van der Waals surface area (Å²) in [5.74, 6) is 0.607. The fourth-order valence-corrected chi connectivity index (χ4v) is 3.23. The van der Waals surface area contributed by atoms with Gasteiger partial charge in [-0.05, 0) is 37.6 Å². The molecule has 0 bridgehead atoms. The summed E-state index contributed by atoms with van der Waals surface area (Å²) in [5.41, 5.74) is 4.53. The van der Waals surface area contributed by atoms with Crippen LogP contribution in [0.3, 0.4) is 0 Å². The first-order valence-corrected chi connectivity index (χ1v) is 10.0. The van der Waals surface area contributed by atoms with Crippen LogP contribution in [0.4, 0.5) is 5.95 Å². The SMILES string of the molecule is Cc1ccc(C(=O)n2nc(-c3ccc(C)cc3)nc2NCc2ccccc2Cl)cc1. The van der Waals surface area contributed by atoms with Gasteiger partial charge in [-0.2, -0.15) is 9.67 Å². The van der Waals surface area contributed by atoms with Crippen LogP contribution in [0.2, 0.25) is 5.02 Å². The van der Waals surface area contributed by atoms with E-state index in [2.05, 4.69) is 15.4 Å². The van der Waals surface area contributed by atoms with Crippen molar-refractivity contribution in [2.24, 2.45) is 0 Å². The van der Waals surface area contributed by atoms with Crippen molar-refractivity contribution in [1.82, 2.24) is 14.8 Å². The minimum atomic E-state index is -0.248. The van der Waals surface area contributed by atoms with Gasteiger partial charge in [0, 0.05) is 22.7 Å². The van der Waals surface area contributed by atoms with Gasteiger partial charge < -0.3 is 5.32 Å². The third-order valence-electron chi connectivity index (χ3n) is 4.80. The number of nitrogens with one attached hydrogen (secondary N) is 1. The Balaban J connectivity index is 1.70. The maximum absolute atomic E-state index is 13.1. The second-order valence-corrected chi connectivity index (χ2v) is 7.56. The van der Waals surface area contributed by atoms with E-state index in [-0.39, 0.29) is 5.91 Å². The molecule has 1 aromatic heterocycles. The highest BCUT2D eigenvalue weighted by Gasteiger charge is 2.19. The molecule has 0 spiro atoms. The van der Waals surface area contributed by atoms with Gasteiger partial charge in [-0.3, -0.25) is 4.79 Å². The number of hydrogen-bond donors (Lipinski definition) is 1. The molecule has 4 aromatic rings. The predicted molar refractivity (Wildman–Crippen MR) is 120 cm³/mol. The number of hydrogen-bond acceptors (Lipinski definition) is 4. The number of carbonyl (C=O) groups excluding carboxylic acids is 1. The van der Waals surface area contributed by atoms with Gasteiger partial charge in [-0.25, -0.2) is 0 Å². The first-order chi connectivity index (χ1) is 14.5. The summed E-state index contributed by atoms with van der Waals surface area (Å²) < 4.78 is 1.32. The Kier molecular flexibility index (Phi) is 5.63. The van der Waals surface area contributed by atoms with Crippen molar-refractivity contribution in [3.8, 4) is 11.4 Å². The number of rotatable bonds is 5. The van der Waals surface area contributed by atoms with Gasteiger partial charge in [-0.15, -0.1) is 5.10 Å². The molecular formula is C24H21ClN4O. The number of anilines is 1. The molecule has 0 aliphatic heterocycles. The normalized spacial score (nSPS) is 10.8. The van der Waals surface area contributed by atoms with Crippen LogP contribution in [0.5, 0.6) is 0 Å². The number of halogens is 1. The van der Waals surface area contributed by atoms with Gasteiger partial charge in [0.25, 0.3) is 5.91 Å². The molecule has 0 saturated carbocycles. The quantitative estimate of drug-likeness (QED) is 0.465. The van der Waals surface area contributed by atoms with Crippen molar-refractivity contribution < 1.29 is 4.79 Å². The Bertz CT molecular complexity index is 1180. The lowest BCUT2D eigenvalue weighted by Crippen LogP contribution is -2.17. The summed E-state index contributed by atoms with van der Waals surface area (Å²) in [7, 11) is 0. The molecule has 0 unspecified atom stereocenters. The lowest BCUT2D eigenvalue weighted by Gasteiger charge is -2.08. The van der Waals surface area contributed by atoms with Crippen LogP contribution in [0.25, 0.3) is 11.4 Å². The first-order valence-electron chi connectivity index (χ1n) is 9.64. The molecule has 0 fully saturated rings. The predicted octanol–water partition coefficient (Wildman–Crippen LogP) is 5.52. The molecule has 1 heterocycles. The van der Waals surface area contributed by atoms with Gasteiger partial charge in [-0.1, -0.05) is 77.3 Å². The molecule has 0 radical (unpaired) electrons. The van der Waals surface area contributed by atoms with E-state index in [4.69, 9.17) is 11.6 Å². The fourth-order valence-electron chi connectivity index (χ4n) is 3.03. The molecule has 0 aliphatic carbocycles. The largest absolute Gasteiger partial charge is 0.350 e. The molecule has 150 valence electrons. The van der Waals surface area contributed by atoms with Crippen LogP contribution >= 0.6 is 11.6 Å². The molecule has 0 atom stereocenters. The number of aryl methyl sites for hydroxylation is 2. The van der Waals surface area contributed by atoms with E-state index in [1.807, 2.05) is 74.5 Å². The summed E-state index contributed by atoms with van der Waals surface area (Å²) in [6.45, 7) is 4.43. The third kappa shape index (κ3) is 4.26. The summed E-state index contributed by atoms with van der Waals surface area (Å²) in [6.07, 6.45) is 0. The van der Waals surface area contributed by atoms with Crippen molar-refractivity contribution in [1.29, 1.82) is 0 Å². The molecule has 6 heteroatoms. The Morgan fingerprint density at radius 3 is 2.23 bits per heavy atom. The van der Waals surface area contributed by atoms with Crippen LogP contribution in [0, 0.1) is 13.8 Å². The van der Waals surface area contributed by atoms with Crippen molar-refractivity contribution in [3.63, 3.8) is 0 Å². The monoisotopic (exact) mass is 416 g/mol. The number of aromatic nitrogens is 3. The maximum Gasteiger partial charge on any atom is 0.281 e. The molecule has 5 nitrogen and oxygen atoms in total. The van der Waals surface area contributed by atoms with Crippen molar-refractivity contribution in [2.45, 2.75) is 20.4 Å². The van der Waals surface area contributed by atoms with Crippen molar-refractivity contribution in [2.75, 3.05) is 5.32 Å². The smallest absolute Gasteiger partial charge is 0.281 e. The molecular weight excluding hydrogens is 396 g/mol. The summed E-state index contributed by atoms with van der Waals surface area (Å²) >= 11 is 6.27. The third-order valence-corrected chi connectivity index (χ3v) is 5.17. The molecule has 3 aromatic carbocycles. The van der Waals surface area contributed by atoms with Gasteiger partial charge in [0.15, 0.2) is 5.82 Å². The number of benzene rings is 3. The minimum Gasteiger partial charge on any atom is -0.350 e. The lowest BCUT2D eigenvalue weighted by atomic mass is 10.1. The minimum absolute atomic E-state index is 0.248. The van der Waals surface area contributed by atoms with E-state index < -0.39 is 0 Å². The zero-order valence-corrected chi connectivity index (χ0v) is 17.5. The van der Waals surface area contributed by atoms with E-state index in [1.54, 1.807) is 12.1 Å². The van der Waals surface area contributed by atoms with Crippen LogP contribution in [0.1, 0.15) is 27.0 Å². The van der Waals surface area contributed by atoms with Crippen LogP contribution in [-0.2, 0) is 6.54 Å². The fraction of sp³-hybridized carbons (Fsp3) is 0.125. The summed E-state index contributed by atoms with van der Waals surface area (Å²) in [6, 6.07) is 22.8. The standard InChI is InChI=1S/C24H21ClN4O/c1-16-7-11-18(12-8-16)22-27-24(26-15-20-5-3-4-6-21(20)25)29(28-22)23(30)19-13-9-17(2)10-14-19/h3-14H,15H2,1-2H3,(H,26,27,28).